The topological polar surface area (TPSA) is 49.9 Å². The van der Waals surface area contributed by atoms with Crippen LogP contribution in [-0.4, -0.2) is 6.21 Å². The molecule has 1 aromatic rings. The van der Waals surface area contributed by atoms with Gasteiger partial charge in [-0.3, -0.25) is 0 Å². The van der Waals surface area contributed by atoms with Gasteiger partial charge in [-0.2, -0.15) is 0 Å². The quantitative estimate of drug-likeness (QED) is 0.519. The van der Waals surface area contributed by atoms with Crippen molar-refractivity contribution in [2.24, 2.45) is 0 Å². The Labute approximate surface area is 72.9 Å². The van der Waals surface area contributed by atoms with Crippen LogP contribution in [0.1, 0.15) is 24.5 Å². The van der Waals surface area contributed by atoms with Gasteiger partial charge in [0, 0.05) is 17.5 Å². The molecule has 0 unspecified atom stereocenters. The van der Waals surface area contributed by atoms with Gasteiger partial charge >= 0.3 is 0 Å². The van der Waals surface area contributed by atoms with Crippen LogP contribution < -0.4 is 5.73 Å². The van der Waals surface area contributed by atoms with Gasteiger partial charge in [-0.15, -0.1) is 0 Å². The highest BCUT2D eigenvalue weighted by atomic mass is 14.6. The lowest BCUT2D eigenvalue weighted by Gasteiger charge is -2.02. The lowest BCUT2D eigenvalue weighted by atomic mass is 10.1. The zero-order valence-electron chi connectivity index (χ0n) is 7.30. The summed E-state index contributed by atoms with van der Waals surface area (Å²) in [5.74, 6) is 0. The van der Waals surface area contributed by atoms with E-state index in [1.54, 1.807) is 0 Å². The van der Waals surface area contributed by atoms with E-state index in [9.17, 15) is 0 Å². The Morgan fingerprint density at radius 2 is 2.25 bits per heavy atom. The van der Waals surface area contributed by atoms with E-state index in [-0.39, 0.29) is 0 Å². The molecular formula is C10H14N2. The number of aryl methyl sites for hydroxylation is 1. The summed E-state index contributed by atoms with van der Waals surface area (Å²) < 4.78 is 0. The number of benzene rings is 1. The van der Waals surface area contributed by atoms with Crippen molar-refractivity contribution < 1.29 is 0 Å². The number of hydrogen-bond acceptors (Lipinski definition) is 2. The van der Waals surface area contributed by atoms with Crippen LogP contribution in [0.15, 0.2) is 18.2 Å². The van der Waals surface area contributed by atoms with Gasteiger partial charge in [0.25, 0.3) is 0 Å². The smallest absolute Gasteiger partial charge is 0.0405 e. The Balaban J connectivity index is 2.93. The molecule has 0 amide bonds. The minimum absolute atomic E-state index is 0.705. The average molecular weight is 162 g/mol. The van der Waals surface area contributed by atoms with Gasteiger partial charge in [-0.1, -0.05) is 25.5 Å². The fourth-order valence-electron chi connectivity index (χ4n) is 1.20. The lowest BCUT2D eigenvalue weighted by Crippen LogP contribution is -1.94. The van der Waals surface area contributed by atoms with E-state index in [1.165, 1.54) is 11.8 Å². The minimum atomic E-state index is 0.705. The predicted octanol–water partition coefficient (Wildman–Crippen LogP) is 2.22. The predicted molar refractivity (Wildman–Crippen MR) is 52.7 cm³/mol. The Bertz CT molecular complexity index is 279. The van der Waals surface area contributed by atoms with E-state index in [4.69, 9.17) is 11.1 Å². The van der Waals surface area contributed by atoms with Crippen molar-refractivity contribution in [3.8, 4) is 0 Å². The maximum Gasteiger partial charge on any atom is 0.0405 e. The first-order valence-corrected chi connectivity index (χ1v) is 4.16. The molecule has 64 valence electrons. The largest absolute Gasteiger partial charge is 0.398 e. The summed E-state index contributed by atoms with van der Waals surface area (Å²) >= 11 is 0. The second-order valence-electron chi connectivity index (χ2n) is 2.86. The Hall–Kier alpha value is -1.31. The van der Waals surface area contributed by atoms with Crippen LogP contribution in [0.25, 0.3) is 0 Å². The standard InChI is InChI=1S/C10H14N2/c1-2-3-8-4-5-9(7-11)10(12)6-8/h4-7,11H,2-3,12H2,1H3. The Kier molecular flexibility index (Phi) is 2.86. The van der Waals surface area contributed by atoms with Crippen LogP contribution in [0.5, 0.6) is 0 Å². The summed E-state index contributed by atoms with van der Waals surface area (Å²) in [7, 11) is 0. The second-order valence-corrected chi connectivity index (χ2v) is 2.86. The fraction of sp³-hybridized carbons (Fsp3) is 0.300. The first-order chi connectivity index (χ1) is 5.77. The Morgan fingerprint density at radius 1 is 1.50 bits per heavy atom. The fourth-order valence-corrected chi connectivity index (χ4v) is 1.20. The first kappa shape index (κ1) is 8.78. The molecule has 0 radical (unpaired) electrons. The molecule has 0 aliphatic rings. The third kappa shape index (κ3) is 1.84. The molecule has 0 aliphatic carbocycles. The molecule has 2 nitrogen and oxygen atoms in total. The maximum absolute atomic E-state index is 7.05. The van der Waals surface area contributed by atoms with E-state index in [0.717, 1.165) is 18.4 Å². The summed E-state index contributed by atoms with van der Waals surface area (Å²) in [6.45, 7) is 2.14. The van der Waals surface area contributed by atoms with Gasteiger partial charge in [0.15, 0.2) is 0 Å². The maximum atomic E-state index is 7.05. The van der Waals surface area contributed by atoms with Crippen molar-refractivity contribution in [2.45, 2.75) is 19.8 Å². The van der Waals surface area contributed by atoms with Gasteiger partial charge in [-0.05, 0) is 18.1 Å². The summed E-state index contributed by atoms with van der Waals surface area (Å²) in [4.78, 5) is 0. The third-order valence-electron chi connectivity index (χ3n) is 1.85. The number of rotatable bonds is 3. The van der Waals surface area contributed by atoms with Gasteiger partial charge in [0.05, 0.1) is 0 Å². The summed E-state index contributed by atoms with van der Waals surface area (Å²) in [6.07, 6.45) is 3.47. The molecule has 0 spiro atoms. The molecule has 0 heterocycles. The van der Waals surface area contributed by atoms with Gasteiger partial charge in [-0.25, -0.2) is 0 Å². The SMILES string of the molecule is CCCc1ccc(C=N)c(N)c1. The molecule has 1 aromatic carbocycles. The zero-order valence-corrected chi connectivity index (χ0v) is 7.30. The molecular weight excluding hydrogens is 148 g/mol. The lowest BCUT2D eigenvalue weighted by molar-refractivity contribution is 0.922. The molecule has 2 heteroatoms. The average Bonchev–Trinajstić information content (AvgIpc) is 2.05. The van der Waals surface area contributed by atoms with Crippen molar-refractivity contribution in [2.75, 3.05) is 5.73 Å². The van der Waals surface area contributed by atoms with Crippen LogP contribution in [-0.2, 0) is 6.42 Å². The number of nitrogens with two attached hydrogens (primary N) is 1. The molecule has 0 saturated heterocycles. The van der Waals surface area contributed by atoms with Gasteiger partial charge < -0.3 is 11.1 Å². The van der Waals surface area contributed by atoms with Crippen LogP contribution in [0, 0.1) is 5.41 Å². The molecule has 0 saturated carbocycles. The first-order valence-electron chi connectivity index (χ1n) is 4.16. The van der Waals surface area contributed by atoms with E-state index in [2.05, 4.69) is 6.92 Å². The third-order valence-corrected chi connectivity index (χ3v) is 1.85. The monoisotopic (exact) mass is 162 g/mol. The summed E-state index contributed by atoms with van der Waals surface area (Å²) in [5, 5.41) is 7.05. The zero-order chi connectivity index (χ0) is 8.97. The number of nitrogens with one attached hydrogen (secondary N) is 1. The number of nitrogen functional groups attached to an aromatic ring is 1. The van der Waals surface area contributed by atoms with Gasteiger partial charge in [0.1, 0.15) is 0 Å². The normalized spacial score (nSPS) is 9.75. The molecule has 0 atom stereocenters. The molecule has 0 fully saturated rings. The number of anilines is 1. The van der Waals surface area contributed by atoms with E-state index >= 15 is 0 Å². The molecule has 0 aliphatic heterocycles. The van der Waals surface area contributed by atoms with E-state index in [0.29, 0.717) is 5.69 Å². The molecule has 0 aromatic heterocycles. The minimum Gasteiger partial charge on any atom is -0.398 e. The van der Waals surface area contributed by atoms with Crippen molar-refractivity contribution >= 4 is 11.9 Å². The highest BCUT2D eigenvalue weighted by Crippen LogP contribution is 2.13. The molecule has 1 rings (SSSR count). The highest BCUT2D eigenvalue weighted by Gasteiger charge is 1.96. The van der Waals surface area contributed by atoms with Crippen molar-refractivity contribution in [3.05, 3.63) is 29.3 Å². The second kappa shape index (κ2) is 3.90. The van der Waals surface area contributed by atoms with Crippen molar-refractivity contribution in [1.82, 2.24) is 0 Å². The van der Waals surface area contributed by atoms with E-state index < -0.39 is 0 Å². The van der Waals surface area contributed by atoms with E-state index in [1.807, 2.05) is 18.2 Å². The highest BCUT2D eigenvalue weighted by molar-refractivity contribution is 5.84. The Morgan fingerprint density at radius 3 is 2.75 bits per heavy atom. The van der Waals surface area contributed by atoms with Crippen molar-refractivity contribution in [1.29, 1.82) is 5.41 Å². The van der Waals surface area contributed by atoms with Crippen molar-refractivity contribution in [3.63, 3.8) is 0 Å². The molecule has 12 heavy (non-hydrogen) atoms. The van der Waals surface area contributed by atoms with Crippen LogP contribution in [0.2, 0.25) is 0 Å². The molecule has 0 bridgehead atoms. The summed E-state index contributed by atoms with van der Waals surface area (Å²) in [6, 6.07) is 5.87. The summed E-state index contributed by atoms with van der Waals surface area (Å²) in [5.41, 5.74) is 8.47. The van der Waals surface area contributed by atoms with Crippen LogP contribution in [0.3, 0.4) is 0 Å². The number of hydrogen-bond donors (Lipinski definition) is 2. The van der Waals surface area contributed by atoms with Crippen LogP contribution >= 0.6 is 0 Å². The van der Waals surface area contributed by atoms with Gasteiger partial charge in [0.2, 0.25) is 0 Å². The molecule has 3 N–H and O–H groups in total. The van der Waals surface area contributed by atoms with Crippen LogP contribution in [0.4, 0.5) is 5.69 Å².